The first-order valence-electron chi connectivity index (χ1n) is 7.67. The molecule has 1 N–H and O–H groups in total. The molecule has 1 aromatic rings. The van der Waals surface area contributed by atoms with Crippen molar-refractivity contribution in [2.75, 3.05) is 0 Å². The first kappa shape index (κ1) is 16.3. The largest absolute Gasteiger partial charge is 0.349 e. The minimum atomic E-state index is 0.0840. The van der Waals surface area contributed by atoms with Gasteiger partial charge >= 0.3 is 0 Å². The van der Waals surface area contributed by atoms with Crippen LogP contribution in [0.4, 0.5) is 0 Å². The minimum Gasteiger partial charge on any atom is -0.349 e. The number of nitrogens with one attached hydrogen (secondary N) is 1. The molecule has 2 nitrogen and oxygen atoms in total. The molecule has 2 rings (SSSR count). The standard InChI is InChI=1S/C18H27NOS/c1-10(2)8-15-16(18(15,6)7)17(20)19-12(4)14-9-11(3)21-13(14)5/h8-9,12,15-16H,1-7H3,(H,19,20)/t12-,15-,16+/m1/s1. The number of aryl methyl sites for hydroxylation is 2. The Morgan fingerprint density at radius 1 is 1.38 bits per heavy atom. The third kappa shape index (κ3) is 3.23. The lowest BCUT2D eigenvalue weighted by Crippen LogP contribution is -2.29. The monoisotopic (exact) mass is 305 g/mol. The van der Waals surface area contributed by atoms with Crippen LogP contribution in [0.5, 0.6) is 0 Å². The van der Waals surface area contributed by atoms with Gasteiger partial charge in [0, 0.05) is 9.75 Å². The normalized spacial score (nSPS) is 24.3. The van der Waals surface area contributed by atoms with Crippen molar-refractivity contribution < 1.29 is 4.79 Å². The Balaban J connectivity index is 2.06. The molecule has 1 fully saturated rings. The van der Waals surface area contributed by atoms with Crippen molar-refractivity contribution in [2.45, 2.75) is 54.5 Å². The number of amides is 1. The second-order valence-electron chi connectivity index (χ2n) is 7.17. The van der Waals surface area contributed by atoms with Gasteiger partial charge in [0.05, 0.1) is 12.0 Å². The van der Waals surface area contributed by atoms with Gasteiger partial charge in [0.25, 0.3) is 0 Å². The van der Waals surface area contributed by atoms with Crippen LogP contribution in [0.1, 0.15) is 56.0 Å². The van der Waals surface area contributed by atoms with Crippen LogP contribution in [0, 0.1) is 31.1 Å². The molecular formula is C18H27NOS. The Kier molecular flexibility index (Phi) is 4.34. The first-order chi connectivity index (χ1) is 9.64. The summed E-state index contributed by atoms with van der Waals surface area (Å²) in [7, 11) is 0. The number of carbonyl (C=O) groups excluding carboxylic acids is 1. The smallest absolute Gasteiger partial charge is 0.224 e. The Hall–Kier alpha value is -1.09. The van der Waals surface area contributed by atoms with Gasteiger partial charge in [0.2, 0.25) is 5.91 Å². The molecule has 1 aromatic heterocycles. The molecule has 0 saturated heterocycles. The van der Waals surface area contributed by atoms with Gasteiger partial charge in [0.1, 0.15) is 0 Å². The first-order valence-corrected chi connectivity index (χ1v) is 8.48. The maximum atomic E-state index is 12.6. The molecule has 1 aliphatic rings. The van der Waals surface area contributed by atoms with Crippen molar-refractivity contribution in [3.05, 3.63) is 33.0 Å². The van der Waals surface area contributed by atoms with Gasteiger partial charge in [-0.1, -0.05) is 25.5 Å². The summed E-state index contributed by atoms with van der Waals surface area (Å²) < 4.78 is 0. The number of hydrogen-bond donors (Lipinski definition) is 1. The van der Waals surface area contributed by atoms with E-state index < -0.39 is 0 Å². The van der Waals surface area contributed by atoms with Gasteiger partial charge in [-0.15, -0.1) is 11.3 Å². The van der Waals surface area contributed by atoms with E-state index in [1.54, 1.807) is 11.3 Å². The van der Waals surface area contributed by atoms with Crippen molar-refractivity contribution in [1.29, 1.82) is 0 Å². The topological polar surface area (TPSA) is 29.1 Å². The van der Waals surface area contributed by atoms with E-state index in [0.29, 0.717) is 5.92 Å². The number of allylic oxidation sites excluding steroid dienone is 2. The molecule has 1 aliphatic carbocycles. The predicted molar refractivity (Wildman–Crippen MR) is 90.5 cm³/mol. The van der Waals surface area contributed by atoms with Gasteiger partial charge in [-0.05, 0) is 57.6 Å². The van der Waals surface area contributed by atoms with Crippen LogP contribution in [0.2, 0.25) is 0 Å². The Morgan fingerprint density at radius 2 is 2.00 bits per heavy atom. The van der Waals surface area contributed by atoms with Crippen molar-refractivity contribution >= 4 is 17.2 Å². The molecule has 0 aliphatic heterocycles. The van der Waals surface area contributed by atoms with E-state index in [4.69, 9.17) is 0 Å². The van der Waals surface area contributed by atoms with Crippen LogP contribution in [-0.4, -0.2) is 5.91 Å². The van der Waals surface area contributed by atoms with E-state index >= 15 is 0 Å². The molecule has 0 bridgehead atoms. The molecule has 21 heavy (non-hydrogen) atoms. The Labute approximate surface area is 132 Å². The van der Waals surface area contributed by atoms with E-state index in [1.807, 2.05) is 0 Å². The second kappa shape index (κ2) is 5.60. The second-order valence-corrected chi connectivity index (χ2v) is 8.63. The quantitative estimate of drug-likeness (QED) is 0.797. The van der Waals surface area contributed by atoms with Crippen LogP contribution in [0.25, 0.3) is 0 Å². The van der Waals surface area contributed by atoms with E-state index in [9.17, 15) is 4.79 Å². The van der Waals surface area contributed by atoms with Gasteiger partial charge in [0.15, 0.2) is 0 Å². The zero-order chi connectivity index (χ0) is 15.9. The highest BCUT2D eigenvalue weighted by atomic mass is 32.1. The Morgan fingerprint density at radius 3 is 2.48 bits per heavy atom. The van der Waals surface area contributed by atoms with Crippen molar-refractivity contribution in [1.82, 2.24) is 5.32 Å². The highest BCUT2D eigenvalue weighted by Gasteiger charge is 2.60. The van der Waals surface area contributed by atoms with Crippen LogP contribution in [0.15, 0.2) is 17.7 Å². The number of thiophene rings is 1. The summed E-state index contributed by atoms with van der Waals surface area (Å²) in [6.07, 6.45) is 2.24. The zero-order valence-electron chi connectivity index (χ0n) is 14.2. The summed E-state index contributed by atoms with van der Waals surface area (Å²) in [5.41, 5.74) is 2.63. The fraction of sp³-hybridized carbons (Fsp3) is 0.611. The molecule has 0 unspecified atom stereocenters. The minimum absolute atomic E-state index is 0.0840. The SMILES string of the molecule is CC(C)=C[C@@H]1[C@@H](C(=O)N[C@H](C)c2cc(C)sc2C)C1(C)C. The lowest BCUT2D eigenvalue weighted by Gasteiger charge is -2.14. The molecule has 1 saturated carbocycles. The molecule has 116 valence electrons. The summed E-state index contributed by atoms with van der Waals surface area (Å²) in [5.74, 6) is 0.674. The van der Waals surface area contributed by atoms with Crippen molar-refractivity contribution in [2.24, 2.45) is 17.3 Å². The summed E-state index contributed by atoms with van der Waals surface area (Å²) >= 11 is 1.80. The molecular weight excluding hydrogens is 278 g/mol. The maximum absolute atomic E-state index is 12.6. The molecule has 3 atom stereocenters. The lowest BCUT2D eigenvalue weighted by molar-refractivity contribution is -0.123. The summed E-state index contributed by atoms with van der Waals surface area (Å²) in [6.45, 7) is 14.9. The van der Waals surface area contributed by atoms with E-state index in [1.165, 1.54) is 20.9 Å². The van der Waals surface area contributed by atoms with E-state index in [-0.39, 0.29) is 23.3 Å². The summed E-state index contributed by atoms with van der Waals surface area (Å²) in [6, 6.07) is 2.28. The van der Waals surface area contributed by atoms with Gasteiger partial charge in [-0.25, -0.2) is 0 Å². The lowest BCUT2D eigenvalue weighted by atomic mass is 10.1. The van der Waals surface area contributed by atoms with Gasteiger partial charge < -0.3 is 5.32 Å². The average Bonchev–Trinajstić information content (AvgIpc) is 2.68. The van der Waals surface area contributed by atoms with Crippen molar-refractivity contribution in [3.8, 4) is 0 Å². The average molecular weight is 305 g/mol. The zero-order valence-corrected chi connectivity index (χ0v) is 15.0. The molecule has 0 radical (unpaired) electrons. The van der Waals surface area contributed by atoms with Crippen molar-refractivity contribution in [3.63, 3.8) is 0 Å². The maximum Gasteiger partial charge on any atom is 0.224 e. The summed E-state index contributed by atoms with van der Waals surface area (Å²) in [5, 5.41) is 3.21. The number of rotatable bonds is 4. The fourth-order valence-electron chi connectivity index (χ4n) is 3.31. The number of hydrogen-bond acceptors (Lipinski definition) is 2. The third-order valence-electron chi connectivity index (χ3n) is 4.61. The molecule has 1 heterocycles. The number of carbonyl (C=O) groups is 1. The Bertz CT molecular complexity index is 578. The van der Waals surface area contributed by atoms with E-state index in [2.05, 4.69) is 65.9 Å². The van der Waals surface area contributed by atoms with Crippen LogP contribution in [0.3, 0.4) is 0 Å². The highest BCUT2D eigenvalue weighted by molar-refractivity contribution is 7.12. The van der Waals surface area contributed by atoms with Crippen LogP contribution >= 0.6 is 11.3 Å². The summed E-state index contributed by atoms with van der Waals surface area (Å²) in [4.78, 5) is 15.2. The third-order valence-corrected chi connectivity index (χ3v) is 5.59. The van der Waals surface area contributed by atoms with Gasteiger partial charge in [-0.3, -0.25) is 4.79 Å². The van der Waals surface area contributed by atoms with Gasteiger partial charge in [-0.2, -0.15) is 0 Å². The van der Waals surface area contributed by atoms with E-state index in [0.717, 1.165) is 0 Å². The highest BCUT2D eigenvalue weighted by Crippen LogP contribution is 2.59. The molecule has 1 amide bonds. The van der Waals surface area contributed by atoms with Crippen LogP contribution in [-0.2, 0) is 4.79 Å². The fourth-order valence-corrected chi connectivity index (χ4v) is 4.33. The molecule has 0 spiro atoms. The van der Waals surface area contributed by atoms with Crippen LogP contribution < -0.4 is 5.32 Å². The molecule has 3 heteroatoms. The molecule has 0 aromatic carbocycles. The predicted octanol–water partition coefficient (Wildman–Crippen LogP) is 4.78.